The minimum absolute atomic E-state index is 0.0730. The Morgan fingerprint density at radius 2 is 1.88 bits per heavy atom. The van der Waals surface area contributed by atoms with E-state index in [0.29, 0.717) is 12.0 Å². The average molecular weight is 472 g/mol. The number of benzene rings is 2. The summed E-state index contributed by atoms with van der Waals surface area (Å²) in [5, 5.41) is 4.18. The minimum Gasteiger partial charge on any atom is -0.493 e. The van der Waals surface area contributed by atoms with Crippen molar-refractivity contribution in [2.45, 2.75) is 11.3 Å². The highest BCUT2D eigenvalue weighted by Gasteiger charge is 2.23. The third-order valence-corrected chi connectivity index (χ3v) is 6.25. The highest BCUT2D eigenvalue weighted by molar-refractivity contribution is 7.89. The zero-order valence-electron chi connectivity index (χ0n) is 18.5. The van der Waals surface area contributed by atoms with Crippen LogP contribution in [-0.4, -0.2) is 52.0 Å². The molecule has 0 amide bonds. The van der Waals surface area contributed by atoms with Gasteiger partial charge in [0.05, 0.1) is 27.0 Å². The Hall–Kier alpha value is -3.63. The van der Waals surface area contributed by atoms with E-state index in [0.717, 1.165) is 11.3 Å². The smallest absolute Gasteiger partial charge is 0.330 e. The molecule has 1 N–H and O–H groups in total. The second kappa shape index (κ2) is 10.8. The molecule has 0 aliphatic heterocycles. The molecule has 33 heavy (non-hydrogen) atoms. The van der Waals surface area contributed by atoms with Crippen LogP contribution in [-0.2, 0) is 26.0 Å². The van der Waals surface area contributed by atoms with E-state index >= 15 is 0 Å². The molecular weight excluding hydrogens is 446 g/mol. The summed E-state index contributed by atoms with van der Waals surface area (Å²) in [4.78, 5) is 11.3. The van der Waals surface area contributed by atoms with Gasteiger partial charge in [-0.1, -0.05) is 12.1 Å². The summed E-state index contributed by atoms with van der Waals surface area (Å²) >= 11 is 0. The molecule has 174 valence electrons. The van der Waals surface area contributed by atoms with Crippen molar-refractivity contribution in [3.05, 3.63) is 72.1 Å². The molecule has 0 aliphatic rings. The molecule has 0 fully saturated rings. The van der Waals surface area contributed by atoms with Crippen molar-refractivity contribution in [2.24, 2.45) is 0 Å². The van der Waals surface area contributed by atoms with Crippen LogP contribution in [0.1, 0.15) is 11.1 Å². The lowest BCUT2D eigenvalue weighted by Crippen LogP contribution is -2.26. The van der Waals surface area contributed by atoms with Gasteiger partial charge >= 0.3 is 5.97 Å². The van der Waals surface area contributed by atoms with E-state index in [1.165, 1.54) is 39.5 Å². The van der Waals surface area contributed by atoms with E-state index < -0.39 is 16.0 Å². The van der Waals surface area contributed by atoms with Crippen LogP contribution < -0.4 is 14.2 Å². The third kappa shape index (κ3) is 5.99. The topological polar surface area (TPSA) is 109 Å². The molecule has 9 nitrogen and oxygen atoms in total. The zero-order valence-corrected chi connectivity index (χ0v) is 19.3. The number of hydrogen-bond donors (Lipinski definition) is 1. The molecular formula is C23H25N3O6S. The maximum absolute atomic E-state index is 13.1. The number of carbonyl (C=O) groups is 1. The monoisotopic (exact) mass is 471 g/mol. The molecule has 0 spiro atoms. The summed E-state index contributed by atoms with van der Waals surface area (Å²) in [6.45, 7) is 0.178. The molecule has 0 saturated carbocycles. The van der Waals surface area contributed by atoms with Crippen LogP contribution in [0.25, 0.3) is 11.8 Å². The number of nitrogens with zero attached hydrogens (tertiary/aromatic N) is 2. The number of nitrogens with one attached hydrogen (secondary N) is 1. The van der Waals surface area contributed by atoms with E-state index in [2.05, 4.69) is 14.6 Å². The fraction of sp³-hybridized carbons (Fsp3) is 0.217. The van der Waals surface area contributed by atoms with Crippen molar-refractivity contribution >= 4 is 22.1 Å². The maximum atomic E-state index is 13.1. The number of aromatic nitrogens is 2. The molecule has 1 heterocycles. The molecule has 0 atom stereocenters. The summed E-state index contributed by atoms with van der Waals surface area (Å²) < 4.78 is 45.6. The van der Waals surface area contributed by atoms with Gasteiger partial charge < -0.3 is 14.2 Å². The summed E-state index contributed by atoms with van der Waals surface area (Å²) in [7, 11) is 0.0890. The largest absolute Gasteiger partial charge is 0.493 e. The van der Waals surface area contributed by atoms with Gasteiger partial charge in [-0.3, -0.25) is 0 Å². The number of rotatable bonds is 10. The molecule has 10 heteroatoms. The molecule has 0 radical (unpaired) electrons. The molecule has 3 rings (SSSR count). The van der Waals surface area contributed by atoms with Crippen molar-refractivity contribution < 1.29 is 27.4 Å². The molecule has 0 bridgehead atoms. The molecule has 3 aromatic rings. The zero-order chi connectivity index (χ0) is 23.8. The van der Waals surface area contributed by atoms with Gasteiger partial charge in [0.25, 0.3) is 0 Å². The van der Waals surface area contributed by atoms with E-state index in [4.69, 9.17) is 9.47 Å². The van der Waals surface area contributed by atoms with E-state index in [-0.39, 0.29) is 22.9 Å². The standard InChI is InChI=1S/C23H25N3O6S/c1-30-20-15-18(7-10-22(27)31-2)16-21(23(20)32-3)33(28,29)25-13-11-17-5-8-19(9-6-17)26-14-4-12-24-26/h4-10,12,14-16,25H,11,13H2,1-3H3/b10-7+. The average Bonchev–Trinajstić information content (AvgIpc) is 3.37. The Morgan fingerprint density at radius 3 is 2.48 bits per heavy atom. The Bertz CT molecular complexity index is 1220. The van der Waals surface area contributed by atoms with E-state index in [9.17, 15) is 13.2 Å². The number of carbonyl (C=O) groups excluding carboxylic acids is 1. The first-order valence-electron chi connectivity index (χ1n) is 9.98. The van der Waals surface area contributed by atoms with Gasteiger partial charge in [0.15, 0.2) is 11.5 Å². The number of sulfonamides is 1. The van der Waals surface area contributed by atoms with Gasteiger partial charge in [-0.25, -0.2) is 22.6 Å². The SMILES string of the molecule is COC(=O)/C=C/c1cc(OC)c(OC)c(S(=O)(=O)NCCc2ccc(-n3cccn3)cc2)c1. The molecule has 0 saturated heterocycles. The first-order valence-corrected chi connectivity index (χ1v) is 11.5. The Morgan fingerprint density at radius 1 is 1.12 bits per heavy atom. The Kier molecular flexibility index (Phi) is 7.86. The van der Waals surface area contributed by atoms with Crippen LogP contribution in [0.5, 0.6) is 11.5 Å². The van der Waals surface area contributed by atoms with E-state index in [1.54, 1.807) is 16.9 Å². The summed E-state index contributed by atoms with van der Waals surface area (Å²) in [5.41, 5.74) is 2.32. The lowest BCUT2D eigenvalue weighted by molar-refractivity contribution is -0.134. The third-order valence-electron chi connectivity index (χ3n) is 4.78. The highest BCUT2D eigenvalue weighted by atomic mass is 32.2. The van der Waals surface area contributed by atoms with Crippen LogP contribution in [0.15, 0.2) is 65.8 Å². The second-order valence-electron chi connectivity index (χ2n) is 6.88. The van der Waals surface area contributed by atoms with E-state index in [1.807, 2.05) is 36.5 Å². The van der Waals surface area contributed by atoms with Crippen molar-refractivity contribution in [2.75, 3.05) is 27.9 Å². The molecule has 1 aromatic heterocycles. The fourth-order valence-electron chi connectivity index (χ4n) is 3.12. The number of ether oxygens (including phenoxy) is 3. The van der Waals surface area contributed by atoms with Crippen molar-refractivity contribution in [1.82, 2.24) is 14.5 Å². The predicted molar refractivity (Wildman–Crippen MR) is 123 cm³/mol. The Balaban J connectivity index is 1.76. The van der Waals surface area contributed by atoms with Crippen LogP contribution in [0.4, 0.5) is 0 Å². The fourth-order valence-corrected chi connectivity index (χ4v) is 4.37. The first kappa shape index (κ1) is 24.0. The van der Waals surface area contributed by atoms with Crippen LogP contribution >= 0.6 is 0 Å². The van der Waals surface area contributed by atoms with Crippen molar-refractivity contribution in [3.8, 4) is 17.2 Å². The number of methoxy groups -OCH3 is 3. The lowest BCUT2D eigenvalue weighted by atomic mass is 10.1. The van der Waals surface area contributed by atoms with Gasteiger partial charge in [0, 0.05) is 25.0 Å². The van der Waals surface area contributed by atoms with Crippen LogP contribution in [0.3, 0.4) is 0 Å². The summed E-state index contributed by atoms with van der Waals surface area (Å²) in [6, 6.07) is 12.5. The van der Waals surface area contributed by atoms with Gasteiger partial charge in [0.2, 0.25) is 10.0 Å². The van der Waals surface area contributed by atoms with Gasteiger partial charge in [-0.05, 0) is 54.0 Å². The Labute approximate surface area is 192 Å². The summed E-state index contributed by atoms with van der Waals surface area (Å²) in [5.74, 6) is -0.270. The molecule has 2 aromatic carbocycles. The minimum atomic E-state index is -3.94. The predicted octanol–water partition coefficient (Wildman–Crippen LogP) is 2.60. The van der Waals surface area contributed by atoms with Gasteiger partial charge in [-0.2, -0.15) is 5.10 Å². The van der Waals surface area contributed by atoms with Crippen LogP contribution in [0.2, 0.25) is 0 Å². The normalized spacial score (nSPS) is 11.5. The first-order chi connectivity index (χ1) is 15.9. The van der Waals surface area contributed by atoms with Crippen LogP contribution in [0, 0.1) is 0 Å². The second-order valence-corrected chi connectivity index (χ2v) is 8.61. The maximum Gasteiger partial charge on any atom is 0.330 e. The number of hydrogen-bond acceptors (Lipinski definition) is 7. The van der Waals surface area contributed by atoms with Gasteiger partial charge in [0.1, 0.15) is 4.90 Å². The summed E-state index contributed by atoms with van der Waals surface area (Å²) in [6.07, 6.45) is 6.66. The molecule has 0 unspecified atom stereocenters. The highest BCUT2D eigenvalue weighted by Crippen LogP contribution is 2.36. The quantitative estimate of drug-likeness (QED) is 0.358. The van der Waals surface area contributed by atoms with Crippen molar-refractivity contribution in [3.63, 3.8) is 0 Å². The molecule has 0 aliphatic carbocycles. The lowest BCUT2D eigenvalue weighted by Gasteiger charge is -2.15. The number of esters is 1. The van der Waals surface area contributed by atoms with Gasteiger partial charge in [-0.15, -0.1) is 0 Å². The van der Waals surface area contributed by atoms with Crippen molar-refractivity contribution in [1.29, 1.82) is 0 Å².